The first-order valence-corrected chi connectivity index (χ1v) is 5.68. The Morgan fingerprint density at radius 1 is 0.950 bits per heavy atom. The van der Waals surface area contributed by atoms with Gasteiger partial charge in [0.2, 0.25) is 0 Å². The topological polar surface area (TPSA) is 150 Å². The van der Waals surface area contributed by atoms with Crippen molar-refractivity contribution in [2.24, 2.45) is 0 Å². The van der Waals surface area contributed by atoms with Crippen molar-refractivity contribution in [3.63, 3.8) is 0 Å². The Morgan fingerprint density at radius 3 is 2.50 bits per heavy atom. The quantitative estimate of drug-likeness (QED) is 0.467. The Labute approximate surface area is 113 Å². The lowest BCUT2D eigenvalue weighted by Gasteiger charge is -2.08. The number of anilines is 3. The van der Waals surface area contributed by atoms with Crippen LogP contribution in [-0.2, 0) is 0 Å². The highest BCUT2D eigenvalue weighted by Crippen LogP contribution is 2.34. The molecule has 0 atom stereocenters. The molecule has 8 heteroatoms. The molecular formula is C12H11N7O. The second kappa shape index (κ2) is 4.19. The molecule has 0 spiro atoms. The number of fused-ring (bicyclic) bond motifs is 1. The molecule has 0 saturated carbocycles. The largest absolute Gasteiger partial charge is 0.507 e. The molecule has 0 bridgehead atoms. The average molecular weight is 269 g/mol. The summed E-state index contributed by atoms with van der Waals surface area (Å²) in [7, 11) is 0. The van der Waals surface area contributed by atoms with Crippen LogP contribution in [0.3, 0.4) is 0 Å². The SMILES string of the molecule is Nc1cc(N)c(-c2ncc3ncc(N)nc3n2)c(O)c1. The first-order valence-electron chi connectivity index (χ1n) is 5.68. The van der Waals surface area contributed by atoms with E-state index in [0.29, 0.717) is 22.4 Å². The summed E-state index contributed by atoms with van der Waals surface area (Å²) in [6.07, 6.45) is 2.90. The Kier molecular flexibility index (Phi) is 2.50. The summed E-state index contributed by atoms with van der Waals surface area (Å²) in [5, 5.41) is 9.95. The molecule has 0 saturated heterocycles. The fraction of sp³-hybridized carbons (Fsp3) is 0. The third-order valence-corrected chi connectivity index (χ3v) is 2.71. The molecule has 0 amide bonds. The number of phenolic OH excluding ortho intramolecular Hbond substituents is 1. The molecule has 7 N–H and O–H groups in total. The lowest BCUT2D eigenvalue weighted by molar-refractivity contribution is 0.477. The second-order valence-corrected chi connectivity index (χ2v) is 4.20. The summed E-state index contributed by atoms with van der Waals surface area (Å²) in [6, 6.07) is 2.90. The van der Waals surface area contributed by atoms with Gasteiger partial charge in [0.15, 0.2) is 11.5 Å². The smallest absolute Gasteiger partial charge is 0.183 e. The molecule has 100 valence electrons. The highest BCUT2D eigenvalue weighted by atomic mass is 16.3. The van der Waals surface area contributed by atoms with Crippen molar-refractivity contribution in [2.45, 2.75) is 0 Å². The monoisotopic (exact) mass is 269 g/mol. The second-order valence-electron chi connectivity index (χ2n) is 4.20. The molecule has 0 unspecified atom stereocenters. The van der Waals surface area contributed by atoms with E-state index >= 15 is 0 Å². The van der Waals surface area contributed by atoms with Crippen LogP contribution in [0.5, 0.6) is 5.75 Å². The molecule has 2 heterocycles. The summed E-state index contributed by atoms with van der Waals surface area (Å²) in [6.45, 7) is 0. The van der Waals surface area contributed by atoms with Crippen LogP contribution in [0, 0.1) is 0 Å². The van der Waals surface area contributed by atoms with Gasteiger partial charge in [0, 0.05) is 17.4 Å². The minimum Gasteiger partial charge on any atom is -0.507 e. The van der Waals surface area contributed by atoms with Crippen LogP contribution in [0.1, 0.15) is 0 Å². The predicted molar refractivity (Wildman–Crippen MR) is 75.5 cm³/mol. The number of benzene rings is 1. The van der Waals surface area contributed by atoms with Gasteiger partial charge in [-0.2, -0.15) is 0 Å². The number of hydrogen-bond acceptors (Lipinski definition) is 8. The highest BCUT2D eigenvalue weighted by Gasteiger charge is 2.14. The minimum absolute atomic E-state index is 0.0984. The third-order valence-electron chi connectivity index (χ3n) is 2.71. The molecule has 1 aromatic carbocycles. The third kappa shape index (κ3) is 1.88. The highest BCUT2D eigenvalue weighted by molar-refractivity contribution is 5.83. The Morgan fingerprint density at radius 2 is 1.75 bits per heavy atom. The van der Waals surface area contributed by atoms with E-state index in [-0.39, 0.29) is 23.1 Å². The van der Waals surface area contributed by atoms with Crippen molar-refractivity contribution in [3.05, 3.63) is 24.5 Å². The molecule has 0 fully saturated rings. The van der Waals surface area contributed by atoms with Crippen LogP contribution in [0.15, 0.2) is 24.5 Å². The number of rotatable bonds is 1. The molecule has 3 aromatic rings. The molecule has 2 aromatic heterocycles. The number of aromatic hydroxyl groups is 1. The molecule has 8 nitrogen and oxygen atoms in total. The van der Waals surface area contributed by atoms with Gasteiger partial charge < -0.3 is 22.3 Å². The molecular weight excluding hydrogens is 258 g/mol. The lowest BCUT2D eigenvalue weighted by atomic mass is 10.1. The van der Waals surface area contributed by atoms with E-state index in [0.717, 1.165) is 0 Å². The summed E-state index contributed by atoms with van der Waals surface area (Å²) in [5.41, 5.74) is 18.8. The summed E-state index contributed by atoms with van der Waals surface area (Å²) >= 11 is 0. The number of aromatic nitrogens is 4. The fourth-order valence-electron chi connectivity index (χ4n) is 1.86. The van der Waals surface area contributed by atoms with Gasteiger partial charge in [0.25, 0.3) is 0 Å². The van der Waals surface area contributed by atoms with Crippen molar-refractivity contribution in [1.29, 1.82) is 0 Å². The molecule has 0 aliphatic heterocycles. The van der Waals surface area contributed by atoms with Crippen molar-refractivity contribution in [2.75, 3.05) is 17.2 Å². The van der Waals surface area contributed by atoms with Gasteiger partial charge in [-0.1, -0.05) is 0 Å². The standard InChI is InChI=1S/C12H11N7O/c13-5-1-6(14)10(8(20)2-5)12-17-3-7-11(19-12)18-9(15)4-16-7/h1-4,20H,13-14H2,(H2,15,17,18,19). The number of hydrogen-bond donors (Lipinski definition) is 4. The van der Waals surface area contributed by atoms with E-state index in [1.54, 1.807) is 0 Å². The van der Waals surface area contributed by atoms with Gasteiger partial charge in [-0.15, -0.1) is 0 Å². The molecule has 0 aliphatic rings. The number of nitrogens with two attached hydrogens (primary N) is 3. The lowest BCUT2D eigenvalue weighted by Crippen LogP contribution is -2.00. The first-order chi connectivity index (χ1) is 9.54. The molecule has 0 aliphatic carbocycles. The Balaban J connectivity index is 2.25. The number of phenols is 1. The van der Waals surface area contributed by atoms with Crippen LogP contribution in [0.25, 0.3) is 22.6 Å². The van der Waals surface area contributed by atoms with Gasteiger partial charge >= 0.3 is 0 Å². The fourth-order valence-corrected chi connectivity index (χ4v) is 1.86. The molecule has 3 rings (SSSR count). The van der Waals surface area contributed by atoms with E-state index < -0.39 is 0 Å². The molecule has 20 heavy (non-hydrogen) atoms. The maximum atomic E-state index is 9.95. The van der Waals surface area contributed by atoms with E-state index in [9.17, 15) is 5.11 Å². The van der Waals surface area contributed by atoms with Gasteiger partial charge in [0.1, 0.15) is 17.1 Å². The normalized spacial score (nSPS) is 10.8. The molecule has 0 radical (unpaired) electrons. The van der Waals surface area contributed by atoms with E-state index in [2.05, 4.69) is 19.9 Å². The van der Waals surface area contributed by atoms with Crippen molar-refractivity contribution >= 4 is 28.4 Å². The zero-order valence-corrected chi connectivity index (χ0v) is 10.3. The zero-order chi connectivity index (χ0) is 14.3. The zero-order valence-electron chi connectivity index (χ0n) is 10.3. The van der Waals surface area contributed by atoms with E-state index in [1.807, 2.05) is 0 Å². The maximum absolute atomic E-state index is 9.95. The van der Waals surface area contributed by atoms with Gasteiger partial charge in [-0.05, 0) is 6.07 Å². The number of nitrogen functional groups attached to an aromatic ring is 3. The van der Waals surface area contributed by atoms with E-state index in [1.165, 1.54) is 24.5 Å². The Bertz CT molecular complexity index is 795. The van der Waals surface area contributed by atoms with Crippen molar-refractivity contribution < 1.29 is 5.11 Å². The van der Waals surface area contributed by atoms with Gasteiger partial charge in [-0.25, -0.2) is 19.9 Å². The maximum Gasteiger partial charge on any atom is 0.183 e. The predicted octanol–water partition coefficient (Wildman–Crippen LogP) is 0.539. The summed E-state index contributed by atoms with van der Waals surface area (Å²) < 4.78 is 0. The van der Waals surface area contributed by atoms with Crippen molar-refractivity contribution in [3.8, 4) is 17.1 Å². The van der Waals surface area contributed by atoms with Crippen LogP contribution in [0.4, 0.5) is 17.2 Å². The minimum atomic E-state index is -0.0984. The number of nitrogens with zero attached hydrogens (tertiary/aromatic N) is 4. The van der Waals surface area contributed by atoms with Gasteiger partial charge in [-0.3, -0.25) is 0 Å². The summed E-state index contributed by atoms with van der Waals surface area (Å²) in [5.74, 6) is 0.378. The van der Waals surface area contributed by atoms with Crippen LogP contribution >= 0.6 is 0 Å². The Hall–Kier alpha value is -3.16. The van der Waals surface area contributed by atoms with Gasteiger partial charge in [0.05, 0.1) is 18.0 Å². The van der Waals surface area contributed by atoms with Crippen molar-refractivity contribution in [1.82, 2.24) is 19.9 Å². The van der Waals surface area contributed by atoms with E-state index in [4.69, 9.17) is 17.2 Å². The van der Waals surface area contributed by atoms with Crippen LogP contribution < -0.4 is 17.2 Å². The average Bonchev–Trinajstić information content (AvgIpc) is 2.37. The summed E-state index contributed by atoms with van der Waals surface area (Å²) in [4.78, 5) is 16.4. The first kappa shape index (κ1) is 11.9. The van der Waals surface area contributed by atoms with Crippen LogP contribution in [-0.4, -0.2) is 25.0 Å². The van der Waals surface area contributed by atoms with Crippen LogP contribution in [0.2, 0.25) is 0 Å².